The first kappa shape index (κ1) is 21.8. The van der Waals surface area contributed by atoms with Gasteiger partial charge in [0.25, 0.3) is 0 Å². The van der Waals surface area contributed by atoms with E-state index in [4.69, 9.17) is 9.84 Å². The van der Waals surface area contributed by atoms with Gasteiger partial charge in [0.05, 0.1) is 6.20 Å². The number of nitriles is 1. The maximum atomic E-state index is 12.1. The van der Waals surface area contributed by atoms with Crippen molar-refractivity contribution in [3.63, 3.8) is 0 Å². The van der Waals surface area contributed by atoms with Crippen LogP contribution in [-0.2, 0) is 23.8 Å². The van der Waals surface area contributed by atoms with Crippen LogP contribution in [0.4, 0.5) is 17.6 Å². The molecule has 5 heterocycles. The molecule has 3 aliphatic rings. The van der Waals surface area contributed by atoms with Gasteiger partial charge in [-0.2, -0.15) is 15.3 Å². The molecular formula is C26H25N9O2. The molecule has 186 valence electrons. The molecule has 2 saturated carbocycles. The molecule has 11 nitrogen and oxygen atoms in total. The second-order valence-corrected chi connectivity index (χ2v) is 10.2. The Bertz CT molecular complexity index is 1600. The summed E-state index contributed by atoms with van der Waals surface area (Å²) >= 11 is 0. The van der Waals surface area contributed by atoms with Crippen LogP contribution in [0.15, 0.2) is 30.6 Å². The van der Waals surface area contributed by atoms with Gasteiger partial charge in [0.15, 0.2) is 17.2 Å². The van der Waals surface area contributed by atoms with Crippen molar-refractivity contribution in [3.8, 4) is 17.6 Å². The van der Waals surface area contributed by atoms with Crippen LogP contribution in [0, 0.1) is 17.2 Å². The van der Waals surface area contributed by atoms with E-state index < -0.39 is 0 Å². The number of carbonyl (C=O) groups is 1. The van der Waals surface area contributed by atoms with Crippen molar-refractivity contribution < 1.29 is 9.53 Å². The molecule has 1 amide bonds. The van der Waals surface area contributed by atoms with E-state index >= 15 is 0 Å². The average Bonchev–Trinajstić information content (AvgIpc) is 3.45. The van der Waals surface area contributed by atoms with Crippen molar-refractivity contribution in [1.82, 2.24) is 29.3 Å². The quantitative estimate of drug-likeness (QED) is 0.407. The highest BCUT2D eigenvalue weighted by Gasteiger charge is 2.45. The van der Waals surface area contributed by atoms with Crippen LogP contribution in [-0.4, -0.2) is 35.2 Å². The highest BCUT2D eigenvalue weighted by molar-refractivity contribution is 5.93. The van der Waals surface area contributed by atoms with Gasteiger partial charge >= 0.3 is 0 Å². The molecule has 11 heteroatoms. The Morgan fingerprint density at radius 2 is 2.08 bits per heavy atom. The van der Waals surface area contributed by atoms with Crippen molar-refractivity contribution in [2.45, 2.75) is 50.5 Å². The molecule has 7 rings (SSSR count). The molecule has 0 saturated heterocycles. The monoisotopic (exact) mass is 495 g/mol. The Hall–Kier alpha value is -4.46. The lowest BCUT2D eigenvalue weighted by molar-refractivity contribution is -0.117. The lowest BCUT2D eigenvalue weighted by Gasteiger charge is -2.37. The maximum Gasteiger partial charge on any atom is 0.228 e. The predicted molar refractivity (Wildman–Crippen MR) is 135 cm³/mol. The van der Waals surface area contributed by atoms with Gasteiger partial charge in [0.2, 0.25) is 11.9 Å². The normalized spacial score (nSPS) is 17.3. The molecule has 37 heavy (non-hydrogen) atoms. The summed E-state index contributed by atoms with van der Waals surface area (Å²) in [5, 5.41) is 20.9. The molecule has 2 fully saturated rings. The van der Waals surface area contributed by atoms with Gasteiger partial charge in [-0.1, -0.05) is 6.42 Å². The molecule has 0 aromatic carbocycles. The summed E-state index contributed by atoms with van der Waals surface area (Å²) in [4.78, 5) is 25.3. The SMILES string of the molecule is Cn1c(Nc2cc3n(n2)CCC32CCC2)nc2ncc(Oc3ccnc(NC(=O)C4CC4)c3)c(C#N)c21. The minimum absolute atomic E-state index is 0.0360. The summed E-state index contributed by atoms with van der Waals surface area (Å²) in [6, 6.07) is 7.67. The molecule has 0 bridgehead atoms. The minimum Gasteiger partial charge on any atom is -0.454 e. The Balaban J connectivity index is 1.17. The fourth-order valence-corrected chi connectivity index (χ4v) is 5.44. The number of nitrogens with one attached hydrogen (secondary N) is 2. The zero-order valence-electron chi connectivity index (χ0n) is 20.4. The largest absolute Gasteiger partial charge is 0.454 e. The number of anilines is 3. The fraction of sp³-hybridized carbons (Fsp3) is 0.385. The Morgan fingerprint density at radius 1 is 1.22 bits per heavy atom. The topological polar surface area (TPSA) is 136 Å². The van der Waals surface area contributed by atoms with Gasteiger partial charge in [-0.05, 0) is 38.2 Å². The van der Waals surface area contributed by atoms with Gasteiger partial charge in [-0.25, -0.2) is 9.97 Å². The predicted octanol–water partition coefficient (Wildman–Crippen LogP) is 4.14. The summed E-state index contributed by atoms with van der Waals surface area (Å²) in [5.74, 6) is 2.46. The number of nitrogens with zero attached hydrogens (tertiary/aromatic N) is 7. The smallest absolute Gasteiger partial charge is 0.228 e. The van der Waals surface area contributed by atoms with E-state index in [1.54, 1.807) is 22.9 Å². The lowest BCUT2D eigenvalue weighted by atomic mass is 9.66. The molecule has 0 atom stereocenters. The second-order valence-electron chi connectivity index (χ2n) is 10.2. The summed E-state index contributed by atoms with van der Waals surface area (Å²) in [6.45, 7) is 0.946. The highest BCUT2D eigenvalue weighted by atomic mass is 16.5. The van der Waals surface area contributed by atoms with Crippen LogP contribution >= 0.6 is 0 Å². The number of pyridine rings is 2. The number of amides is 1. The number of imidazole rings is 1. The van der Waals surface area contributed by atoms with Crippen LogP contribution in [0.3, 0.4) is 0 Å². The van der Waals surface area contributed by atoms with Gasteiger partial charge in [0.1, 0.15) is 28.7 Å². The van der Waals surface area contributed by atoms with E-state index in [0.717, 1.165) is 25.2 Å². The van der Waals surface area contributed by atoms with E-state index in [2.05, 4.69) is 42.4 Å². The van der Waals surface area contributed by atoms with E-state index in [0.29, 0.717) is 45.4 Å². The third-order valence-corrected chi connectivity index (χ3v) is 7.81. The molecule has 4 aromatic rings. The van der Waals surface area contributed by atoms with Gasteiger partial charge in [0, 0.05) is 48.9 Å². The van der Waals surface area contributed by atoms with E-state index in [9.17, 15) is 10.1 Å². The number of aryl methyl sites for hydroxylation is 2. The average molecular weight is 496 g/mol. The first-order valence-electron chi connectivity index (χ1n) is 12.6. The van der Waals surface area contributed by atoms with Crippen molar-refractivity contribution in [3.05, 3.63) is 41.9 Å². The molecule has 1 aliphatic heterocycles. The summed E-state index contributed by atoms with van der Waals surface area (Å²) in [6.07, 6.45) is 9.77. The minimum atomic E-state index is -0.0360. The second kappa shape index (κ2) is 8.03. The first-order chi connectivity index (χ1) is 18.0. The number of hydrogen-bond donors (Lipinski definition) is 2. The fourth-order valence-electron chi connectivity index (χ4n) is 5.44. The van der Waals surface area contributed by atoms with Crippen molar-refractivity contribution in [1.29, 1.82) is 5.26 Å². The zero-order chi connectivity index (χ0) is 25.1. The molecular weight excluding hydrogens is 470 g/mol. The zero-order valence-corrected chi connectivity index (χ0v) is 20.4. The Morgan fingerprint density at radius 3 is 2.84 bits per heavy atom. The molecule has 0 radical (unpaired) electrons. The molecule has 2 N–H and O–H groups in total. The van der Waals surface area contributed by atoms with Crippen LogP contribution in [0.5, 0.6) is 11.5 Å². The Kier molecular flexibility index (Phi) is 4.73. The van der Waals surface area contributed by atoms with E-state index in [1.165, 1.54) is 37.6 Å². The third-order valence-electron chi connectivity index (χ3n) is 7.81. The molecule has 1 spiro atoms. The summed E-state index contributed by atoms with van der Waals surface area (Å²) < 4.78 is 9.92. The van der Waals surface area contributed by atoms with Gasteiger partial charge in [-0.15, -0.1) is 0 Å². The van der Waals surface area contributed by atoms with Crippen LogP contribution in [0.25, 0.3) is 11.2 Å². The lowest BCUT2D eigenvalue weighted by Crippen LogP contribution is -2.31. The summed E-state index contributed by atoms with van der Waals surface area (Å²) in [5.41, 5.74) is 2.91. The van der Waals surface area contributed by atoms with Crippen LogP contribution in [0.1, 0.15) is 49.8 Å². The van der Waals surface area contributed by atoms with E-state index in [-0.39, 0.29) is 11.8 Å². The number of rotatable bonds is 6. The molecule has 0 unspecified atom stereocenters. The number of aromatic nitrogens is 6. The standard InChI is InChI=1S/C26H25N9O2/c1-34-22-17(13-27)18(37-16-5-9-28-20(11-16)30-24(36)15-3-4-15)14-29-23(22)32-25(34)31-21-12-19-26(6-2-7-26)8-10-35(19)33-21/h5,9,11-12,14-15H,2-4,6-8,10H2,1H3,(H,28,30,36)(H,29,31,32,33). The molecule has 2 aliphatic carbocycles. The van der Waals surface area contributed by atoms with Crippen molar-refractivity contribution in [2.24, 2.45) is 13.0 Å². The van der Waals surface area contributed by atoms with Gasteiger partial charge < -0.3 is 19.9 Å². The number of fused-ring (bicyclic) bond motifs is 3. The van der Waals surface area contributed by atoms with Crippen molar-refractivity contribution >= 4 is 34.7 Å². The maximum absolute atomic E-state index is 12.1. The van der Waals surface area contributed by atoms with E-state index in [1.807, 2.05) is 7.05 Å². The summed E-state index contributed by atoms with van der Waals surface area (Å²) in [7, 11) is 1.83. The van der Waals surface area contributed by atoms with Gasteiger partial charge in [-0.3, -0.25) is 9.48 Å². The highest BCUT2D eigenvalue weighted by Crippen LogP contribution is 2.50. The first-order valence-corrected chi connectivity index (χ1v) is 12.6. The Labute approximate surface area is 212 Å². The third kappa shape index (κ3) is 3.59. The van der Waals surface area contributed by atoms with Crippen molar-refractivity contribution in [2.75, 3.05) is 10.6 Å². The van der Waals surface area contributed by atoms with Crippen LogP contribution in [0.2, 0.25) is 0 Å². The number of carbonyl (C=O) groups excluding carboxylic acids is 1. The molecule has 4 aromatic heterocycles. The van der Waals surface area contributed by atoms with Crippen LogP contribution < -0.4 is 15.4 Å². The number of hydrogen-bond acceptors (Lipinski definition) is 8. The number of ether oxygens (including phenoxy) is 1.